The lowest BCUT2D eigenvalue weighted by atomic mass is 10.00. The standard InChI is InChI=1S/C30H26F4N6O4S/c1-4-43-21-10-11-22(17(2)3)25(14-21)40-26(41)15-45-29(40)37-28(42)36-24-12-5-18(13-23(24)31)27-35-16-39(38-27)19-6-8-20(9-7-19)44-30(32,33)34/h5-14,16-17H,4,15H2,1-3H3,(H,36,42). The number of nitrogens with one attached hydrogen (secondary N) is 1. The summed E-state index contributed by atoms with van der Waals surface area (Å²) in [5.74, 6) is -0.583. The highest BCUT2D eigenvalue weighted by Crippen LogP contribution is 2.36. The van der Waals surface area contributed by atoms with Gasteiger partial charge in [0.25, 0.3) is 0 Å². The number of nitrogens with zero attached hydrogens (tertiary/aromatic N) is 5. The number of amides is 3. The average molecular weight is 643 g/mol. The maximum atomic E-state index is 15.1. The third-order valence-electron chi connectivity index (χ3n) is 6.43. The molecule has 234 valence electrons. The molecule has 1 N–H and O–H groups in total. The molecule has 1 aliphatic rings. The van der Waals surface area contributed by atoms with Gasteiger partial charge in [-0.1, -0.05) is 31.7 Å². The summed E-state index contributed by atoms with van der Waals surface area (Å²) in [6, 6.07) is 13.5. The minimum Gasteiger partial charge on any atom is -0.494 e. The van der Waals surface area contributed by atoms with E-state index >= 15 is 4.39 Å². The van der Waals surface area contributed by atoms with Gasteiger partial charge in [-0.15, -0.1) is 18.3 Å². The normalized spacial score (nSPS) is 14.4. The molecule has 3 aromatic carbocycles. The van der Waals surface area contributed by atoms with Crippen molar-refractivity contribution in [1.82, 2.24) is 14.8 Å². The van der Waals surface area contributed by atoms with Gasteiger partial charge in [0.05, 0.1) is 29.4 Å². The Hall–Kier alpha value is -4.92. The third-order valence-corrected chi connectivity index (χ3v) is 7.36. The van der Waals surface area contributed by atoms with Crippen LogP contribution < -0.4 is 19.7 Å². The number of amidine groups is 1. The molecule has 1 aromatic heterocycles. The second kappa shape index (κ2) is 13.0. The largest absolute Gasteiger partial charge is 0.573 e. The van der Waals surface area contributed by atoms with Crippen LogP contribution in [0.4, 0.5) is 33.7 Å². The number of rotatable bonds is 8. The highest BCUT2D eigenvalue weighted by molar-refractivity contribution is 8.15. The van der Waals surface area contributed by atoms with Gasteiger partial charge in [0, 0.05) is 11.6 Å². The maximum Gasteiger partial charge on any atom is 0.573 e. The van der Waals surface area contributed by atoms with E-state index in [9.17, 15) is 22.8 Å². The van der Waals surface area contributed by atoms with Crippen molar-refractivity contribution in [1.29, 1.82) is 0 Å². The molecule has 2 heterocycles. The molecule has 0 atom stereocenters. The second-order valence-electron chi connectivity index (χ2n) is 9.90. The number of halogens is 4. The fraction of sp³-hybridized carbons (Fsp3) is 0.233. The molecule has 0 bridgehead atoms. The lowest BCUT2D eigenvalue weighted by molar-refractivity contribution is -0.274. The number of urea groups is 1. The van der Waals surface area contributed by atoms with E-state index in [1.807, 2.05) is 32.9 Å². The van der Waals surface area contributed by atoms with Crippen molar-refractivity contribution in [3.05, 3.63) is 78.4 Å². The summed E-state index contributed by atoms with van der Waals surface area (Å²) >= 11 is 1.09. The van der Waals surface area contributed by atoms with Gasteiger partial charge in [-0.05, 0) is 66.9 Å². The molecule has 1 fully saturated rings. The van der Waals surface area contributed by atoms with Crippen LogP contribution in [0.15, 0.2) is 72.0 Å². The van der Waals surface area contributed by atoms with Crippen molar-refractivity contribution in [3.8, 4) is 28.6 Å². The fourth-order valence-corrected chi connectivity index (χ4v) is 5.31. The number of aliphatic imine (C=N–C) groups is 1. The van der Waals surface area contributed by atoms with Crippen molar-refractivity contribution in [2.24, 2.45) is 4.99 Å². The fourth-order valence-electron chi connectivity index (χ4n) is 4.45. The Labute approximate surface area is 259 Å². The molecule has 0 saturated carbocycles. The number of ether oxygens (including phenoxy) is 2. The molecule has 10 nitrogen and oxygen atoms in total. The van der Waals surface area contributed by atoms with Gasteiger partial charge in [0.15, 0.2) is 11.0 Å². The number of alkyl halides is 3. The quantitative estimate of drug-likeness (QED) is 0.203. The summed E-state index contributed by atoms with van der Waals surface area (Å²) in [5, 5.41) is 6.81. The predicted octanol–water partition coefficient (Wildman–Crippen LogP) is 7.16. The first-order chi connectivity index (χ1) is 21.4. The Morgan fingerprint density at radius 2 is 1.82 bits per heavy atom. The van der Waals surface area contributed by atoms with Crippen LogP contribution in [0, 0.1) is 5.82 Å². The van der Waals surface area contributed by atoms with E-state index in [0.29, 0.717) is 23.7 Å². The zero-order valence-electron chi connectivity index (χ0n) is 24.1. The van der Waals surface area contributed by atoms with Gasteiger partial charge in [-0.2, -0.15) is 4.99 Å². The van der Waals surface area contributed by atoms with Crippen LogP contribution in [-0.4, -0.2) is 50.6 Å². The number of hydrogen-bond donors (Lipinski definition) is 1. The van der Waals surface area contributed by atoms with Crippen LogP contribution in [0.2, 0.25) is 0 Å². The van der Waals surface area contributed by atoms with Gasteiger partial charge in [-0.25, -0.2) is 18.9 Å². The van der Waals surface area contributed by atoms with E-state index in [0.717, 1.165) is 35.5 Å². The molecular weight excluding hydrogens is 616 g/mol. The molecule has 15 heteroatoms. The number of carbonyl (C=O) groups excluding carboxylic acids is 2. The monoisotopic (exact) mass is 642 g/mol. The zero-order chi connectivity index (χ0) is 32.3. The first kappa shape index (κ1) is 31.5. The minimum atomic E-state index is -4.81. The molecule has 1 aliphatic heterocycles. The lowest BCUT2D eigenvalue weighted by Crippen LogP contribution is -2.31. The number of aromatic nitrogens is 3. The number of hydrogen-bond acceptors (Lipinski definition) is 7. The van der Waals surface area contributed by atoms with Crippen molar-refractivity contribution in [3.63, 3.8) is 0 Å². The summed E-state index contributed by atoms with van der Waals surface area (Å²) in [6.45, 7) is 6.25. The summed E-state index contributed by atoms with van der Waals surface area (Å²) < 4.78 is 63.1. The first-order valence-corrected chi connectivity index (χ1v) is 14.6. The van der Waals surface area contributed by atoms with E-state index in [1.54, 1.807) is 6.07 Å². The smallest absolute Gasteiger partial charge is 0.494 e. The molecule has 3 amide bonds. The van der Waals surface area contributed by atoms with Crippen LogP contribution in [0.5, 0.6) is 11.5 Å². The van der Waals surface area contributed by atoms with Crippen molar-refractivity contribution in [2.45, 2.75) is 33.1 Å². The summed E-state index contributed by atoms with van der Waals surface area (Å²) in [7, 11) is 0. The van der Waals surface area contributed by atoms with Crippen molar-refractivity contribution < 1.29 is 36.6 Å². The number of thioether (sulfide) groups is 1. The van der Waals surface area contributed by atoms with Gasteiger partial charge >= 0.3 is 12.4 Å². The molecule has 0 unspecified atom stereocenters. The molecule has 0 radical (unpaired) electrons. The Morgan fingerprint density at radius 3 is 2.49 bits per heavy atom. The van der Waals surface area contributed by atoms with Crippen LogP contribution in [0.3, 0.4) is 0 Å². The highest BCUT2D eigenvalue weighted by Gasteiger charge is 2.33. The maximum absolute atomic E-state index is 15.1. The number of carbonyl (C=O) groups is 2. The van der Waals surface area contributed by atoms with Gasteiger partial charge in [0.2, 0.25) is 5.91 Å². The average Bonchev–Trinajstić information content (AvgIpc) is 3.61. The van der Waals surface area contributed by atoms with Crippen LogP contribution in [0.25, 0.3) is 17.1 Å². The van der Waals surface area contributed by atoms with Gasteiger partial charge < -0.3 is 14.8 Å². The first-order valence-electron chi connectivity index (χ1n) is 13.6. The van der Waals surface area contributed by atoms with Crippen molar-refractivity contribution in [2.75, 3.05) is 22.6 Å². The van der Waals surface area contributed by atoms with E-state index in [4.69, 9.17) is 4.74 Å². The predicted molar refractivity (Wildman–Crippen MR) is 162 cm³/mol. The van der Waals surface area contributed by atoms with E-state index in [2.05, 4.69) is 25.1 Å². The Morgan fingerprint density at radius 1 is 1.09 bits per heavy atom. The Balaban J connectivity index is 1.31. The van der Waals surface area contributed by atoms with Crippen LogP contribution >= 0.6 is 11.8 Å². The van der Waals surface area contributed by atoms with Crippen LogP contribution in [-0.2, 0) is 4.79 Å². The van der Waals surface area contributed by atoms with Crippen molar-refractivity contribution >= 4 is 40.2 Å². The molecule has 45 heavy (non-hydrogen) atoms. The summed E-state index contributed by atoms with van der Waals surface area (Å²) in [4.78, 5) is 35.3. The Kier molecular flexibility index (Phi) is 9.09. The molecule has 0 spiro atoms. The van der Waals surface area contributed by atoms with Crippen LogP contribution in [0.1, 0.15) is 32.3 Å². The second-order valence-corrected chi connectivity index (χ2v) is 10.8. The SMILES string of the molecule is CCOc1ccc(C(C)C)c(N2C(=O)CSC2=NC(=O)Nc2ccc(-c3ncn(-c4ccc(OC(F)(F)F)cc4)n3)cc2F)c1. The number of anilines is 2. The molecular formula is C30H26F4N6O4S. The Bertz CT molecular complexity index is 1760. The van der Waals surface area contributed by atoms with E-state index < -0.39 is 24.0 Å². The van der Waals surface area contributed by atoms with E-state index in [-0.39, 0.29) is 39.8 Å². The van der Waals surface area contributed by atoms with E-state index in [1.165, 1.54) is 40.2 Å². The zero-order valence-corrected chi connectivity index (χ0v) is 24.9. The highest BCUT2D eigenvalue weighted by atomic mass is 32.2. The molecule has 1 saturated heterocycles. The molecule has 0 aliphatic carbocycles. The minimum absolute atomic E-state index is 0.0658. The van der Waals surface area contributed by atoms with Gasteiger partial charge in [0.1, 0.15) is 23.6 Å². The van der Waals surface area contributed by atoms with Gasteiger partial charge in [-0.3, -0.25) is 9.69 Å². The molecule has 5 rings (SSSR count). The summed E-state index contributed by atoms with van der Waals surface area (Å²) in [5.41, 5.74) is 1.95. The molecule has 4 aromatic rings. The lowest BCUT2D eigenvalue weighted by Gasteiger charge is -2.22. The topological polar surface area (TPSA) is 111 Å². The summed E-state index contributed by atoms with van der Waals surface area (Å²) in [6.07, 6.45) is -3.49. The third kappa shape index (κ3) is 7.42. The number of benzene rings is 3.